The molecule has 1 atom stereocenters. The second-order valence-corrected chi connectivity index (χ2v) is 2.47. The third-order valence-electron chi connectivity index (χ3n) is 1.38. The molecule has 5 nitrogen and oxygen atoms in total. The van der Waals surface area contributed by atoms with Gasteiger partial charge in [-0.15, -0.1) is 0 Å². The zero-order valence-corrected chi connectivity index (χ0v) is 6.53. The standard InChI is InChI=1S/C7H8O5/c1-4(8)7(10)11-3-5-2-6(9)12-5/h5H,2-3H2,1H3. The molecule has 0 saturated carbocycles. The minimum absolute atomic E-state index is 0.0237. The van der Waals surface area contributed by atoms with Crippen LogP contribution in [0.1, 0.15) is 13.3 Å². The van der Waals surface area contributed by atoms with Gasteiger partial charge in [0.05, 0.1) is 6.42 Å². The molecule has 0 aromatic rings. The van der Waals surface area contributed by atoms with Gasteiger partial charge in [0.15, 0.2) is 0 Å². The summed E-state index contributed by atoms with van der Waals surface area (Å²) in [7, 11) is 0. The van der Waals surface area contributed by atoms with E-state index in [9.17, 15) is 14.4 Å². The predicted molar refractivity (Wildman–Crippen MR) is 36.1 cm³/mol. The van der Waals surface area contributed by atoms with Crippen LogP contribution in [0.15, 0.2) is 0 Å². The van der Waals surface area contributed by atoms with E-state index in [1.807, 2.05) is 0 Å². The van der Waals surface area contributed by atoms with Crippen molar-refractivity contribution in [2.24, 2.45) is 0 Å². The minimum atomic E-state index is -0.891. The molecular weight excluding hydrogens is 164 g/mol. The molecule has 0 aromatic carbocycles. The van der Waals surface area contributed by atoms with E-state index in [0.29, 0.717) is 0 Å². The zero-order chi connectivity index (χ0) is 9.14. The molecule has 1 heterocycles. The Morgan fingerprint density at radius 3 is 2.67 bits per heavy atom. The summed E-state index contributed by atoms with van der Waals surface area (Å²) in [5, 5.41) is 0. The maximum absolute atomic E-state index is 10.6. The van der Waals surface area contributed by atoms with Gasteiger partial charge in [-0.3, -0.25) is 9.59 Å². The van der Waals surface area contributed by atoms with Gasteiger partial charge in [-0.05, 0) is 0 Å². The second-order valence-electron chi connectivity index (χ2n) is 2.47. The van der Waals surface area contributed by atoms with Gasteiger partial charge in [-0.25, -0.2) is 4.79 Å². The highest BCUT2D eigenvalue weighted by molar-refractivity contribution is 6.32. The molecular formula is C7H8O5. The van der Waals surface area contributed by atoms with Crippen LogP contribution in [0, 0.1) is 0 Å². The number of esters is 2. The highest BCUT2D eigenvalue weighted by atomic mass is 16.6. The van der Waals surface area contributed by atoms with E-state index in [0.717, 1.165) is 6.92 Å². The Hall–Kier alpha value is -1.39. The molecule has 5 heteroatoms. The van der Waals surface area contributed by atoms with Crippen molar-refractivity contribution in [2.75, 3.05) is 6.61 Å². The molecule has 0 radical (unpaired) electrons. The summed E-state index contributed by atoms with van der Waals surface area (Å²) in [6, 6.07) is 0. The van der Waals surface area contributed by atoms with Crippen molar-refractivity contribution in [3.05, 3.63) is 0 Å². The third-order valence-corrected chi connectivity index (χ3v) is 1.38. The zero-order valence-electron chi connectivity index (χ0n) is 6.53. The van der Waals surface area contributed by atoms with Crippen LogP contribution in [0.3, 0.4) is 0 Å². The lowest BCUT2D eigenvalue weighted by molar-refractivity contribution is -0.178. The highest BCUT2D eigenvalue weighted by Crippen LogP contribution is 2.12. The maximum atomic E-state index is 10.6. The van der Waals surface area contributed by atoms with Gasteiger partial charge >= 0.3 is 11.9 Å². The van der Waals surface area contributed by atoms with Gasteiger partial charge < -0.3 is 9.47 Å². The van der Waals surface area contributed by atoms with E-state index >= 15 is 0 Å². The first-order valence-corrected chi connectivity index (χ1v) is 3.47. The normalized spacial score (nSPS) is 20.8. The number of carbonyl (C=O) groups is 3. The molecule has 0 aromatic heterocycles. The summed E-state index contributed by atoms with van der Waals surface area (Å²) >= 11 is 0. The fraction of sp³-hybridized carbons (Fsp3) is 0.571. The van der Waals surface area contributed by atoms with Crippen molar-refractivity contribution in [3.63, 3.8) is 0 Å². The molecule has 12 heavy (non-hydrogen) atoms. The minimum Gasteiger partial charge on any atom is -0.458 e. The van der Waals surface area contributed by atoms with Crippen molar-refractivity contribution in [2.45, 2.75) is 19.4 Å². The van der Waals surface area contributed by atoms with Crippen molar-refractivity contribution in [3.8, 4) is 0 Å². The fourth-order valence-corrected chi connectivity index (χ4v) is 0.725. The molecule has 0 amide bonds. The van der Waals surface area contributed by atoms with E-state index in [1.165, 1.54) is 0 Å². The van der Waals surface area contributed by atoms with Crippen LogP contribution in [0.2, 0.25) is 0 Å². The van der Waals surface area contributed by atoms with Gasteiger partial charge in [0, 0.05) is 6.92 Å². The predicted octanol–water partition coefficient (Wildman–Crippen LogP) is -0.566. The van der Waals surface area contributed by atoms with Gasteiger partial charge in [0.25, 0.3) is 0 Å². The SMILES string of the molecule is CC(=O)C(=O)OCC1CC(=O)O1. The summed E-state index contributed by atoms with van der Waals surface area (Å²) in [4.78, 5) is 31.2. The molecule has 0 spiro atoms. The molecule has 0 bridgehead atoms. The summed E-state index contributed by atoms with van der Waals surface area (Å²) in [6.45, 7) is 1.10. The van der Waals surface area contributed by atoms with Gasteiger partial charge in [0.1, 0.15) is 12.7 Å². The monoisotopic (exact) mass is 172 g/mol. The molecule has 1 aliphatic heterocycles. The maximum Gasteiger partial charge on any atom is 0.374 e. The first-order valence-electron chi connectivity index (χ1n) is 3.47. The Bertz CT molecular complexity index is 224. The number of Topliss-reactive ketones (excluding diaryl/α,β-unsaturated/α-hetero) is 1. The summed E-state index contributed by atoms with van der Waals surface area (Å²) in [6.07, 6.45) is -0.105. The quantitative estimate of drug-likeness (QED) is 0.421. The number of cyclic esters (lactones) is 1. The van der Waals surface area contributed by atoms with Gasteiger partial charge in [-0.2, -0.15) is 0 Å². The first-order chi connectivity index (χ1) is 5.59. The lowest BCUT2D eigenvalue weighted by Gasteiger charge is -2.24. The average Bonchev–Trinajstić information content (AvgIpc) is 1.95. The van der Waals surface area contributed by atoms with Crippen LogP contribution in [0.25, 0.3) is 0 Å². The smallest absolute Gasteiger partial charge is 0.374 e. The number of ketones is 1. The van der Waals surface area contributed by atoms with E-state index in [1.54, 1.807) is 0 Å². The number of hydrogen-bond donors (Lipinski definition) is 0. The van der Waals surface area contributed by atoms with Crippen molar-refractivity contribution >= 4 is 17.7 Å². The Kier molecular flexibility index (Phi) is 2.42. The summed E-state index contributed by atoms with van der Waals surface area (Å²) in [5.74, 6) is -1.85. The molecule has 1 saturated heterocycles. The van der Waals surface area contributed by atoms with Gasteiger partial charge in [0.2, 0.25) is 5.78 Å². The molecule has 1 fully saturated rings. The van der Waals surface area contributed by atoms with Crippen LogP contribution < -0.4 is 0 Å². The van der Waals surface area contributed by atoms with E-state index < -0.39 is 11.8 Å². The highest BCUT2D eigenvalue weighted by Gasteiger charge is 2.29. The lowest BCUT2D eigenvalue weighted by atomic mass is 10.2. The molecule has 0 N–H and O–H groups in total. The molecule has 1 rings (SSSR count). The largest absolute Gasteiger partial charge is 0.458 e. The summed E-state index contributed by atoms with van der Waals surface area (Å²) < 4.78 is 9.03. The second kappa shape index (κ2) is 3.34. The number of rotatable bonds is 3. The number of ether oxygens (including phenoxy) is 2. The lowest BCUT2D eigenvalue weighted by Crippen LogP contribution is -2.37. The third kappa shape index (κ3) is 2.05. The van der Waals surface area contributed by atoms with Crippen molar-refractivity contribution < 1.29 is 23.9 Å². The van der Waals surface area contributed by atoms with Crippen LogP contribution in [-0.2, 0) is 23.9 Å². The summed E-state index contributed by atoms with van der Waals surface area (Å²) in [5.41, 5.74) is 0. The topological polar surface area (TPSA) is 69.7 Å². The van der Waals surface area contributed by atoms with Crippen LogP contribution >= 0.6 is 0 Å². The number of carbonyl (C=O) groups excluding carboxylic acids is 3. The van der Waals surface area contributed by atoms with Crippen molar-refractivity contribution in [1.82, 2.24) is 0 Å². The van der Waals surface area contributed by atoms with Crippen LogP contribution in [-0.4, -0.2) is 30.4 Å². The van der Waals surface area contributed by atoms with Gasteiger partial charge in [-0.1, -0.05) is 0 Å². The fourth-order valence-electron chi connectivity index (χ4n) is 0.725. The average molecular weight is 172 g/mol. The molecule has 66 valence electrons. The van der Waals surface area contributed by atoms with Crippen molar-refractivity contribution in [1.29, 1.82) is 0 Å². The Morgan fingerprint density at radius 1 is 1.67 bits per heavy atom. The van der Waals surface area contributed by atoms with Crippen LogP contribution in [0.4, 0.5) is 0 Å². The van der Waals surface area contributed by atoms with E-state index in [-0.39, 0.29) is 25.1 Å². The number of hydrogen-bond acceptors (Lipinski definition) is 5. The Balaban J connectivity index is 2.14. The van der Waals surface area contributed by atoms with Crippen LogP contribution in [0.5, 0.6) is 0 Å². The van der Waals surface area contributed by atoms with E-state index in [2.05, 4.69) is 9.47 Å². The van der Waals surface area contributed by atoms with E-state index in [4.69, 9.17) is 0 Å². The molecule has 0 aliphatic carbocycles. The molecule has 1 aliphatic rings. The Labute approximate surface area is 68.6 Å². The molecule has 1 unspecified atom stereocenters. The first kappa shape index (κ1) is 8.70. The Morgan fingerprint density at radius 2 is 2.25 bits per heavy atom.